The Morgan fingerprint density at radius 3 is 2.54 bits per heavy atom. The molecule has 0 heterocycles. The van der Waals surface area contributed by atoms with Crippen LogP contribution >= 0.6 is 11.6 Å². The first-order valence-electron chi connectivity index (χ1n) is 8.76. The van der Waals surface area contributed by atoms with Crippen molar-refractivity contribution in [3.05, 3.63) is 52.5 Å². The summed E-state index contributed by atoms with van der Waals surface area (Å²) in [6, 6.07) is 10.9. The van der Waals surface area contributed by atoms with Gasteiger partial charge in [0, 0.05) is 17.8 Å². The molecule has 140 valence electrons. The summed E-state index contributed by atoms with van der Waals surface area (Å²) < 4.78 is 11.2. The molecule has 0 atom stereocenters. The Bertz CT molecular complexity index is 733. The van der Waals surface area contributed by atoms with Gasteiger partial charge in [0.1, 0.15) is 0 Å². The summed E-state index contributed by atoms with van der Waals surface area (Å²) in [5, 5.41) is 3.26. The van der Waals surface area contributed by atoms with Crippen LogP contribution in [0, 0.1) is 0 Å². The molecule has 2 aromatic rings. The molecule has 0 aromatic heterocycles. The van der Waals surface area contributed by atoms with Crippen LogP contribution in [0.25, 0.3) is 0 Å². The Morgan fingerprint density at radius 1 is 1.15 bits per heavy atom. The van der Waals surface area contributed by atoms with Crippen molar-refractivity contribution in [3.8, 4) is 11.5 Å². The Kier molecular flexibility index (Phi) is 7.60. The highest BCUT2D eigenvalue weighted by Crippen LogP contribution is 2.36. The van der Waals surface area contributed by atoms with Crippen molar-refractivity contribution in [1.82, 2.24) is 5.32 Å². The van der Waals surface area contributed by atoms with E-state index in [1.807, 2.05) is 38.1 Å². The first-order valence-corrected chi connectivity index (χ1v) is 9.14. The fourth-order valence-corrected chi connectivity index (χ4v) is 2.68. The lowest BCUT2D eigenvalue weighted by atomic mass is 10.1. The second-order valence-electron chi connectivity index (χ2n) is 5.81. The molecule has 2 rings (SSSR count). The van der Waals surface area contributed by atoms with Gasteiger partial charge in [-0.1, -0.05) is 30.7 Å². The molecular formula is C20H25ClN2O3. The normalized spacial score (nSPS) is 10.4. The zero-order chi connectivity index (χ0) is 18.9. The lowest BCUT2D eigenvalue weighted by molar-refractivity contribution is 0.0953. The number of rotatable bonds is 9. The monoisotopic (exact) mass is 376 g/mol. The number of nitrogens with one attached hydrogen (secondary N) is 1. The van der Waals surface area contributed by atoms with Crippen molar-refractivity contribution in [2.75, 3.05) is 25.5 Å². The quantitative estimate of drug-likeness (QED) is 0.646. The van der Waals surface area contributed by atoms with Crippen molar-refractivity contribution in [2.45, 2.75) is 26.7 Å². The molecule has 0 aliphatic carbocycles. The maximum atomic E-state index is 12.4. The van der Waals surface area contributed by atoms with Gasteiger partial charge in [0.2, 0.25) is 0 Å². The minimum Gasteiger partial charge on any atom is -0.490 e. The molecule has 0 saturated heterocycles. The largest absolute Gasteiger partial charge is 0.490 e. The smallest absolute Gasteiger partial charge is 0.251 e. The van der Waals surface area contributed by atoms with Gasteiger partial charge in [-0.15, -0.1) is 0 Å². The van der Waals surface area contributed by atoms with Crippen molar-refractivity contribution in [3.63, 3.8) is 0 Å². The molecule has 6 heteroatoms. The van der Waals surface area contributed by atoms with E-state index in [1.54, 1.807) is 12.1 Å². The summed E-state index contributed by atoms with van der Waals surface area (Å²) in [4.78, 5) is 12.4. The van der Waals surface area contributed by atoms with Crippen LogP contribution in [0.1, 0.15) is 36.2 Å². The zero-order valence-corrected chi connectivity index (χ0v) is 15.9. The summed E-state index contributed by atoms with van der Waals surface area (Å²) in [7, 11) is 0. The molecule has 0 saturated carbocycles. The number of hydrogen-bond acceptors (Lipinski definition) is 4. The Balaban J connectivity index is 2.04. The lowest BCUT2D eigenvalue weighted by Crippen LogP contribution is -2.25. The molecule has 0 aliphatic heterocycles. The second kappa shape index (κ2) is 9.92. The van der Waals surface area contributed by atoms with Gasteiger partial charge in [0.05, 0.1) is 18.2 Å². The van der Waals surface area contributed by atoms with Crippen LogP contribution in [0.15, 0.2) is 36.4 Å². The third kappa shape index (κ3) is 5.56. The molecule has 26 heavy (non-hydrogen) atoms. The summed E-state index contributed by atoms with van der Waals surface area (Å²) in [5.74, 6) is 0.760. The van der Waals surface area contributed by atoms with Gasteiger partial charge in [-0.25, -0.2) is 0 Å². The third-order valence-corrected chi connectivity index (χ3v) is 3.98. The van der Waals surface area contributed by atoms with Crippen LogP contribution in [-0.4, -0.2) is 25.7 Å². The van der Waals surface area contributed by atoms with Gasteiger partial charge in [-0.3, -0.25) is 4.79 Å². The number of nitrogens with two attached hydrogens (primary N) is 1. The molecule has 1 amide bonds. The Labute approximate surface area is 159 Å². The maximum Gasteiger partial charge on any atom is 0.251 e. The van der Waals surface area contributed by atoms with Crippen LogP contribution < -0.4 is 20.5 Å². The van der Waals surface area contributed by atoms with E-state index in [4.69, 9.17) is 26.8 Å². The molecule has 0 unspecified atom stereocenters. The molecule has 2 aromatic carbocycles. The number of carbonyl (C=O) groups excluding carboxylic acids is 1. The van der Waals surface area contributed by atoms with E-state index in [-0.39, 0.29) is 5.91 Å². The maximum absolute atomic E-state index is 12.4. The van der Waals surface area contributed by atoms with Crippen LogP contribution in [0.4, 0.5) is 5.69 Å². The van der Waals surface area contributed by atoms with Crippen LogP contribution in [0.5, 0.6) is 11.5 Å². The van der Waals surface area contributed by atoms with E-state index < -0.39 is 0 Å². The van der Waals surface area contributed by atoms with Gasteiger partial charge in [0.15, 0.2) is 11.5 Å². The lowest BCUT2D eigenvalue weighted by Gasteiger charge is -2.15. The van der Waals surface area contributed by atoms with Gasteiger partial charge < -0.3 is 20.5 Å². The highest BCUT2D eigenvalue weighted by molar-refractivity contribution is 6.32. The predicted octanol–water partition coefficient (Wildman–Crippen LogP) is 4.08. The molecule has 0 spiro atoms. The molecule has 0 radical (unpaired) electrons. The van der Waals surface area contributed by atoms with Gasteiger partial charge in [-0.05, 0) is 49.6 Å². The molecular weight excluding hydrogens is 352 g/mol. The average Bonchev–Trinajstić information content (AvgIpc) is 2.62. The molecule has 0 bridgehead atoms. The van der Waals surface area contributed by atoms with E-state index in [1.165, 1.54) is 0 Å². The number of carbonyl (C=O) groups is 1. The van der Waals surface area contributed by atoms with Crippen molar-refractivity contribution in [2.24, 2.45) is 0 Å². The van der Waals surface area contributed by atoms with Crippen LogP contribution in [-0.2, 0) is 6.42 Å². The fraction of sp³-hybridized carbons (Fsp3) is 0.350. The van der Waals surface area contributed by atoms with E-state index in [2.05, 4.69) is 5.32 Å². The van der Waals surface area contributed by atoms with Crippen molar-refractivity contribution < 1.29 is 14.3 Å². The zero-order valence-electron chi connectivity index (χ0n) is 15.2. The highest BCUT2D eigenvalue weighted by atomic mass is 35.5. The summed E-state index contributed by atoms with van der Waals surface area (Å²) in [5.41, 5.74) is 7.95. The predicted molar refractivity (Wildman–Crippen MR) is 105 cm³/mol. The van der Waals surface area contributed by atoms with E-state index in [0.29, 0.717) is 41.8 Å². The van der Waals surface area contributed by atoms with Crippen molar-refractivity contribution >= 4 is 23.2 Å². The number of ether oxygens (including phenoxy) is 2. The first kappa shape index (κ1) is 19.9. The van der Waals surface area contributed by atoms with E-state index in [0.717, 1.165) is 24.1 Å². The number of halogens is 1. The second-order valence-corrected chi connectivity index (χ2v) is 6.22. The Hall–Kier alpha value is -2.40. The number of benzene rings is 2. The number of hydrogen-bond donors (Lipinski definition) is 2. The standard InChI is InChI=1S/C20H25ClN2O3/c1-3-11-26-19-17(21)12-15(13-18(19)25-4-2)20(24)23-10-9-14-5-7-16(22)8-6-14/h5-8,12-13H,3-4,9-11,22H2,1-2H3,(H,23,24). The minimum absolute atomic E-state index is 0.203. The van der Waals surface area contributed by atoms with Gasteiger partial charge >= 0.3 is 0 Å². The molecule has 0 aliphatic rings. The molecule has 0 fully saturated rings. The first-order chi connectivity index (χ1) is 12.5. The van der Waals surface area contributed by atoms with Crippen LogP contribution in [0.3, 0.4) is 0 Å². The molecule has 5 nitrogen and oxygen atoms in total. The number of anilines is 1. The van der Waals surface area contributed by atoms with Crippen LogP contribution in [0.2, 0.25) is 5.02 Å². The topological polar surface area (TPSA) is 73.6 Å². The fourth-order valence-electron chi connectivity index (χ4n) is 2.41. The summed E-state index contributed by atoms with van der Waals surface area (Å²) in [6.07, 6.45) is 1.57. The van der Waals surface area contributed by atoms with E-state index >= 15 is 0 Å². The number of amides is 1. The number of nitrogen functional groups attached to an aromatic ring is 1. The molecule has 3 N–H and O–H groups in total. The van der Waals surface area contributed by atoms with E-state index in [9.17, 15) is 4.79 Å². The average molecular weight is 377 g/mol. The van der Waals surface area contributed by atoms with Gasteiger partial charge in [0.25, 0.3) is 5.91 Å². The van der Waals surface area contributed by atoms with Crippen molar-refractivity contribution in [1.29, 1.82) is 0 Å². The minimum atomic E-state index is -0.203. The summed E-state index contributed by atoms with van der Waals surface area (Å²) >= 11 is 6.30. The van der Waals surface area contributed by atoms with Gasteiger partial charge in [-0.2, -0.15) is 0 Å². The highest BCUT2D eigenvalue weighted by Gasteiger charge is 2.16. The third-order valence-electron chi connectivity index (χ3n) is 3.70. The Morgan fingerprint density at radius 2 is 1.88 bits per heavy atom. The summed E-state index contributed by atoms with van der Waals surface area (Å²) in [6.45, 7) is 5.39. The SMILES string of the molecule is CCCOc1c(Cl)cc(C(=O)NCCc2ccc(N)cc2)cc1OCC.